The van der Waals surface area contributed by atoms with Gasteiger partial charge < -0.3 is 9.47 Å². The molecule has 138 valence electrons. The van der Waals surface area contributed by atoms with Gasteiger partial charge in [0.1, 0.15) is 5.69 Å². The molecule has 0 unspecified atom stereocenters. The van der Waals surface area contributed by atoms with Crippen LogP contribution in [-0.2, 0) is 0 Å². The van der Waals surface area contributed by atoms with Gasteiger partial charge in [0.15, 0.2) is 11.5 Å². The number of nitrogens with zero attached hydrogens (tertiary/aromatic N) is 2. The van der Waals surface area contributed by atoms with E-state index in [2.05, 4.69) is 20.7 Å². The average molecular weight is 364 g/mol. The summed E-state index contributed by atoms with van der Waals surface area (Å²) in [6, 6.07) is 15.0. The maximum atomic E-state index is 12.4. The number of aromatic amines is 1. The number of hydrogen-bond acceptors (Lipinski definition) is 5. The molecule has 2 aromatic carbocycles. The van der Waals surface area contributed by atoms with E-state index >= 15 is 0 Å². The monoisotopic (exact) mass is 364 g/mol. The molecule has 0 aliphatic rings. The molecule has 0 fully saturated rings. The van der Waals surface area contributed by atoms with Crippen molar-refractivity contribution in [2.24, 2.45) is 5.10 Å². The van der Waals surface area contributed by atoms with Gasteiger partial charge in [0.2, 0.25) is 0 Å². The lowest BCUT2D eigenvalue weighted by molar-refractivity contribution is 0.0949. The fraction of sp³-hybridized carbons (Fsp3) is 0.150. The molecule has 27 heavy (non-hydrogen) atoms. The number of rotatable bonds is 6. The van der Waals surface area contributed by atoms with Gasteiger partial charge >= 0.3 is 0 Å². The molecule has 3 rings (SSSR count). The van der Waals surface area contributed by atoms with Crippen LogP contribution in [0.3, 0.4) is 0 Å². The van der Waals surface area contributed by atoms with Crippen LogP contribution in [0.1, 0.15) is 21.6 Å². The first-order valence-corrected chi connectivity index (χ1v) is 8.30. The quantitative estimate of drug-likeness (QED) is 0.519. The number of hydrazone groups is 1. The van der Waals surface area contributed by atoms with E-state index in [9.17, 15) is 4.79 Å². The van der Waals surface area contributed by atoms with E-state index in [0.29, 0.717) is 17.2 Å². The van der Waals surface area contributed by atoms with Crippen LogP contribution >= 0.6 is 0 Å². The lowest BCUT2D eigenvalue weighted by Crippen LogP contribution is -2.19. The normalized spacial score (nSPS) is 10.8. The molecule has 0 atom stereocenters. The smallest absolute Gasteiger partial charge is 0.289 e. The zero-order chi connectivity index (χ0) is 19.2. The highest BCUT2D eigenvalue weighted by molar-refractivity contribution is 5.96. The highest BCUT2D eigenvalue weighted by Gasteiger charge is 2.16. The standard InChI is InChI=1S/C20H20N4O3/c1-13-18(15-7-5-4-6-8-15)22-23-19(13)20(25)24-21-12-14-9-10-16(26-2)17(11-14)27-3/h4-12H,1-3H3,(H,22,23)(H,24,25). The third kappa shape index (κ3) is 3.98. The van der Waals surface area contributed by atoms with Crippen LogP contribution in [-0.4, -0.2) is 36.5 Å². The molecule has 2 N–H and O–H groups in total. The van der Waals surface area contributed by atoms with Crippen LogP contribution in [0, 0.1) is 6.92 Å². The van der Waals surface area contributed by atoms with E-state index in [1.807, 2.05) is 43.3 Å². The first-order valence-electron chi connectivity index (χ1n) is 8.30. The summed E-state index contributed by atoms with van der Waals surface area (Å²) in [5.41, 5.74) is 6.09. The van der Waals surface area contributed by atoms with E-state index < -0.39 is 0 Å². The first kappa shape index (κ1) is 18.2. The number of aromatic nitrogens is 2. The molecule has 0 saturated carbocycles. The van der Waals surface area contributed by atoms with Crippen molar-refractivity contribution in [2.75, 3.05) is 14.2 Å². The van der Waals surface area contributed by atoms with Gasteiger partial charge in [-0.15, -0.1) is 0 Å². The molecule has 0 saturated heterocycles. The third-order valence-electron chi connectivity index (χ3n) is 4.07. The zero-order valence-electron chi connectivity index (χ0n) is 15.3. The van der Waals surface area contributed by atoms with Crippen molar-refractivity contribution in [2.45, 2.75) is 6.92 Å². The van der Waals surface area contributed by atoms with Crippen LogP contribution in [0.15, 0.2) is 53.6 Å². The van der Waals surface area contributed by atoms with Gasteiger partial charge in [0.25, 0.3) is 5.91 Å². The summed E-state index contributed by atoms with van der Waals surface area (Å²) in [6.07, 6.45) is 1.53. The zero-order valence-corrected chi connectivity index (χ0v) is 15.3. The fourth-order valence-corrected chi connectivity index (χ4v) is 2.65. The molecule has 0 aliphatic carbocycles. The third-order valence-corrected chi connectivity index (χ3v) is 4.07. The number of H-pyrrole nitrogens is 1. The van der Waals surface area contributed by atoms with Gasteiger partial charge in [-0.05, 0) is 30.7 Å². The van der Waals surface area contributed by atoms with E-state index in [-0.39, 0.29) is 5.91 Å². The predicted octanol–water partition coefficient (Wildman–Crippen LogP) is 3.17. The van der Waals surface area contributed by atoms with Crippen LogP contribution < -0.4 is 14.9 Å². The summed E-state index contributed by atoms with van der Waals surface area (Å²) in [7, 11) is 3.13. The predicted molar refractivity (Wildman–Crippen MR) is 103 cm³/mol. The van der Waals surface area contributed by atoms with Crippen LogP contribution in [0.25, 0.3) is 11.3 Å². The summed E-state index contributed by atoms with van der Waals surface area (Å²) in [5.74, 6) is 0.851. The first-order chi connectivity index (χ1) is 13.1. The van der Waals surface area contributed by atoms with Gasteiger partial charge in [0.05, 0.1) is 26.1 Å². The minimum absolute atomic E-state index is 0.362. The Morgan fingerprint density at radius 1 is 1.11 bits per heavy atom. The van der Waals surface area contributed by atoms with Crippen LogP contribution in [0.2, 0.25) is 0 Å². The molecule has 0 aliphatic heterocycles. The van der Waals surface area contributed by atoms with Crippen LogP contribution in [0.4, 0.5) is 0 Å². The summed E-state index contributed by atoms with van der Waals surface area (Å²) >= 11 is 0. The number of carbonyl (C=O) groups is 1. The van der Waals surface area contributed by atoms with E-state index in [1.165, 1.54) is 6.21 Å². The Kier molecular flexibility index (Phi) is 5.51. The van der Waals surface area contributed by atoms with E-state index in [1.54, 1.807) is 26.4 Å². The lowest BCUT2D eigenvalue weighted by atomic mass is 10.1. The van der Waals surface area contributed by atoms with Gasteiger partial charge in [-0.3, -0.25) is 9.89 Å². The van der Waals surface area contributed by atoms with Crippen molar-refractivity contribution in [3.8, 4) is 22.8 Å². The van der Waals surface area contributed by atoms with Crippen molar-refractivity contribution in [1.82, 2.24) is 15.6 Å². The molecule has 7 nitrogen and oxygen atoms in total. The van der Waals surface area contributed by atoms with Gasteiger partial charge in [0, 0.05) is 11.1 Å². The summed E-state index contributed by atoms with van der Waals surface area (Å²) in [4.78, 5) is 12.4. The molecule has 0 spiro atoms. The largest absolute Gasteiger partial charge is 0.493 e. The number of nitrogens with one attached hydrogen (secondary N) is 2. The Balaban J connectivity index is 1.71. The SMILES string of the molecule is COc1ccc(C=NNC(=O)c2[nH]nc(-c3ccccc3)c2C)cc1OC. The van der Waals surface area contributed by atoms with Crippen LogP contribution in [0.5, 0.6) is 11.5 Å². The number of carbonyl (C=O) groups excluding carboxylic acids is 1. The summed E-state index contributed by atoms with van der Waals surface area (Å²) < 4.78 is 10.4. The maximum absolute atomic E-state index is 12.4. The van der Waals surface area contributed by atoms with E-state index in [4.69, 9.17) is 9.47 Å². The molecule has 1 heterocycles. The van der Waals surface area contributed by atoms with Crippen molar-refractivity contribution in [3.05, 3.63) is 65.4 Å². The number of methoxy groups -OCH3 is 2. The molecular formula is C20H20N4O3. The fourth-order valence-electron chi connectivity index (χ4n) is 2.65. The van der Waals surface area contributed by atoms with Crippen molar-refractivity contribution in [3.63, 3.8) is 0 Å². The highest BCUT2D eigenvalue weighted by atomic mass is 16.5. The van der Waals surface area contributed by atoms with Crippen molar-refractivity contribution >= 4 is 12.1 Å². The van der Waals surface area contributed by atoms with Crippen molar-refractivity contribution < 1.29 is 14.3 Å². The number of amides is 1. The summed E-state index contributed by atoms with van der Waals surface area (Å²) in [5, 5.41) is 11.0. The van der Waals surface area contributed by atoms with Gasteiger partial charge in [-0.25, -0.2) is 5.43 Å². The lowest BCUT2D eigenvalue weighted by Gasteiger charge is -2.07. The van der Waals surface area contributed by atoms with Crippen molar-refractivity contribution in [1.29, 1.82) is 0 Å². The molecule has 3 aromatic rings. The van der Waals surface area contributed by atoms with Gasteiger partial charge in [-0.1, -0.05) is 30.3 Å². The molecule has 1 aromatic heterocycles. The Morgan fingerprint density at radius 3 is 2.56 bits per heavy atom. The average Bonchev–Trinajstić information content (AvgIpc) is 3.09. The Labute approximate surface area is 157 Å². The molecule has 0 bridgehead atoms. The Morgan fingerprint density at radius 2 is 1.85 bits per heavy atom. The van der Waals surface area contributed by atoms with E-state index in [0.717, 1.165) is 22.4 Å². The number of ether oxygens (including phenoxy) is 2. The minimum Gasteiger partial charge on any atom is -0.493 e. The minimum atomic E-state index is -0.362. The highest BCUT2D eigenvalue weighted by Crippen LogP contribution is 2.27. The molecule has 7 heteroatoms. The molecular weight excluding hydrogens is 344 g/mol. The number of benzene rings is 2. The molecule has 1 amide bonds. The van der Waals surface area contributed by atoms with Gasteiger partial charge in [-0.2, -0.15) is 10.2 Å². The second-order valence-corrected chi connectivity index (χ2v) is 5.75. The summed E-state index contributed by atoms with van der Waals surface area (Å²) in [6.45, 7) is 1.85. The number of hydrogen-bond donors (Lipinski definition) is 2. The Hall–Kier alpha value is -3.61. The Bertz CT molecular complexity index is 965. The second kappa shape index (κ2) is 8.18. The second-order valence-electron chi connectivity index (χ2n) is 5.75. The topological polar surface area (TPSA) is 88.6 Å². The molecule has 0 radical (unpaired) electrons. The maximum Gasteiger partial charge on any atom is 0.289 e.